The molecule has 0 amide bonds. The molecule has 408 valence electrons. The fraction of sp³-hybridized carbons (Fsp3) is 0.471. The Morgan fingerprint density at radius 3 is 0.922 bits per heavy atom. The molecule has 0 aromatic heterocycles. The van der Waals surface area contributed by atoms with Crippen molar-refractivity contribution in [3.05, 3.63) is 158 Å². The summed E-state index contributed by atoms with van der Waals surface area (Å²) in [7, 11) is -4.22. The SMILES string of the molecule is CC(C)(C)Oc1cc(-c2cc(C(C)(C)C)cc(C(C)(C)C)c2OP(Oc2ccc3c(c2)CCCC3)Oc2ccc3c(c2)CCCC3)c(OP(Oc2ccc3c(c2)CCCC3)Oc2ccc3c(c2)CCCC3)c(C(C)(C)C)c1. The van der Waals surface area contributed by atoms with E-state index in [1.54, 1.807) is 0 Å². The monoisotopic (exact) mass is 1070 g/mol. The van der Waals surface area contributed by atoms with Crippen molar-refractivity contribution in [3.63, 3.8) is 0 Å². The second-order valence-electron chi connectivity index (χ2n) is 26.3. The molecule has 77 heavy (non-hydrogen) atoms. The third-order valence-electron chi connectivity index (χ3n) is 15.7. The minimum atomic E-state index is -2.11. The Labute approximate surface area is 464 Å². The van der Waals surface area contributed by atoms with Crippen LogP contribution in [0.4, 0.5) is 0 Å². The van der Waals surface area contributed by atoms with E-state index in [0.717, 1.165) is 108 Å². The molecule has 6 aromatic carbocycles. The van der Waals surface area contributed by atoms with Crippen molar-refractivity contribution < 1.29 is 31.9 Å². The van der Waals surface area contributed by atoms with Gasteiger partial charge in [-0.2, -0.15) is 0 Å². The van der Waals surface area contributed by atoms with Crippen LogP contribution in [0.1, 0.15) is 196 Å². The molecule has 0 heterocycles. The maximum atomic E-state index is 7.61. The molecule has 0 unspecified atom stereocenters. The van der Waals surface area contributed by atoms with Crippen molar-refractivity contribution in [2.45, 2.75) is 208 Å². The fourth-order valence-corrected chi connectivity index (χ4v) is 13.5. The lowest BCUT2D eigenvalue weighted by Crippen LogP contribution is -2.24. The zero-order valence-corrected chi connectivity index (χ0v) is 50.1. The molecular formula is C68H84O7P2. The predicted octanol–water partition coefficient (Wildman–Crippen LogP) is 19.5. The van der Waals surface area contributed by atoms with E-state index in [4.69, 9.17) is 31.9 Å². The summed E-state index contributed by atoms with van der Waals surface area (Å²) in [6.07, 6.45) is 18.0. The van der Waals surface area contributed by atoms with Gasteiger partial charge in [0.25, 0.3) is 0 Å². The fourth-order valence-electron chi connectivity index (χ4n) is 11.5. The summed E-state index contributed by atoms with van der Waals surface area (Å²) < 4.78 is 50.5. The first-order valence-electron chi connectivity index (χ1n) is 28.8. The Bertz CT molecular complexity index is 2970. The van der Waals surface area contributed by atoms with Gasteiger partial charge in [0.1, 0.15) is 45.8 Å². The summed E-state index contributed by atoms with van der Waals surface area (Å²) in [6, 6.07) is 35.0. The van der Waals surface area contributed by atoms with E-state index in [-0.39, 0.29) is 5.41 Å². The molecule has 0 atom stereocenters. The smallest absolute Gasteiger partial charge is 0.488 e. The van der Waals surface area contributed by atoms with E-state index in [1.165, 1.54) is 95.9 Å². The van der Waals surface area contributed by atoms with Crippen molar-refractivity contribution in [3.8, 4) is 51.4 Å². The highest BCUT2D eigenvalue weighted by atomic mass is 31.2. The Balaban J connectivity index is 1.17. The summed E-state index contributed by atoms with van der Waals surface area (Å²) in [5.74, 6) is 4.99. The van der Waals surface area contributed by atoms with Crippen molar-refractivity contribution in [1.82, 2.24) is 0 Å². The standard InChI is InChI=1S/C68H84O7P2/c1-65(2,3)53-41-59(63(61(42-53)66(4,5)6)74-76(70-54-33-29-45-21-13-17-25-49(45)37-54)71-55-34-30-46-22-14-18-26-50(46)38-55)60-43-58(69-68(10,11)12)44-62(67(7,8)9)64(60)75-77(72-56-35-31-47-23-15-19-27-51(47)39-56)73-57-36-32-48-24-16-20-28-52(48)40-57/h29-44H,13-28H2,1-12H3. The van der Waals surface area contributed by atoms with Crippen LogP contribution >= 0.6 is 17.2 Å². The van der Waals surface area contributed by atoms with Gasteiger partial charge in [0.2, 0.25) is 0 Å². The number of rotatable bonds is 14. The Hall–Kier alpha value is -5.22. The summed E-state index contributed by atoms with van der Waals surface area (Å²) in [5.41, 5.74) is 14.1. The van der Waals surface area contributed by atoms with Crippen LogP contribution in [0.5, 0.6) is 40.2 Å². The highest BCUT2D eigenvalue weighted by Crippen LogP contribution is 2.56. The first kappa shape index (κ1) is 55.1. The second-order valence-corrected chi connectivity index (χ2v) is 28.2. The van der Waals surface area contributed by atoms with Gasteiger partial charge in [-0.3, -0.25) is 0 Å². The van der Waals surface area contributed by atoms with Crippen molar-refractivity contribution in [2.24, 2.45) is 0 Å². The molecule has 7 nitrogen and oxygen atoms in total. The molecule has 9 heteroatoms. The predicted molar refractivity (Wildman–Crippen MR) is 318 cm³/mol. The zero-order chi connectivity index (χ0) is 54.3. The van der Waals surface area contributed by atoms with Gasteiger partial charge in [-0.05, 0) is 257 Å². The average Bonchev–Trinajstić information content (AvgIpc) is 3.38. The van der Waals surface area contributed by atoms with Crippen molar-refractivity contribution in [2.75, 3.05) is 0 Å². The first-order chi connectivity index (χ1) is 36.6. The molecular weight excluding hydrogens is 991 g/mol. The number of fused-ring (bicyclic) bond motifs is 4. The number of benzene rings is 6. The summed E-state index contributed by atoms with van der Waals surface area (Å²) in [4.78, 5) is 0. The number of ether oxygens (including phenoxy) is 1. The summed E-state index contributed by atoms with van der Waals surface area (Å²) in [6.45, 7) is 26.6. The van der Waals surface area contributed by atoms with Crippen LogP contribution in [0.3, 0.4) is 0 Å². The van der Waals surface area contributed by atoms with Crippen LogP contribution in [0.25, 0.3) is 11.1 Å². The van der Waals surface area contributed by atoms with Gasteiger partial charge in [0.15, 0.2) is 0 Å². The highest BCUT2D eigenvalue weighted by molar-refractivity contribution is 7.43. The number of aryl methyl sites for hydroxylation is 8. The van der Waals surface area contributed by atoms with Gasteiger partial charge in [0, 0.05) is 22.3 Å². The quantitative estimate of drug-likeness (QED) is 0.101. The zero-order valence-electron chi connectivity index (χ0n) is 48.3. The third kappa shape index (κ3) is 13.5. The average molecular weight is 1080 g/mol. The van der Waals surface area contributed by atoms with E-state index < -0.39 is 33.6 Å². The van der Waals surface area contributed by atoms with Gasteiger partial charge in [-0.1, -0.05) is 92.6 Å². The molecule has 10 rings (SSSR count). The van der Waals surface area contributed by atoms with E-state index in [1.807, 2.05) is 0 Å². The van der Waals surface area contributed by atoms with Crippen molar-refractivity contribution in [1.29, 1.82) is 0 Å². The van der Waals surface area contributed by atoms with E-state index in [2.05, 4.69) is 180 Å². The van der Waals surface area contributed by atoms with Crippen LogP contribution in [0.15, 0.2) is 97.1 Å². The molecule has 0 fully saturated rings. The lowest BCUT2D eigenvalue weighted by Gasteiger charge is -2.33. The van der Waals surface area contributed by atoms with Gasteiger partial charge in [-0.25, -0.2) is 0 Å². The Kier molecular flexibility index (Phi) is 16.1. The van der Waals surface area contributed by atoms with Crippen LogP contribution in [0, 0.1) is 0 Å². The third-order valence-corrected chi connectivity index (χ3v) is 17.8. The lowest BCUT2D eigenvalue weighted by molar-refractivity contribution is 0.130. The lowest BCUT2D eigenvalue weighted by atomic mass is 9.77. The Morgan fingerprint density at radius 2 is 0.610 bits per heavy atom. The van der Waals surface area contributed by atoms with Gasteiger partial charge in [-0.15, -0.1) is 0 Å². The van der Waals surface area contributed by atoms with Gasteiger partial charge >= 0.3 is 17.2 Å². The van der Waals surface area contributed by atoms with E-state index >= 15 is 0 Å². The molecule has 0 bridgehead atoms. The highest BCUT2D eigenvalue weighted by Gasteiger charge is 2.36. The number of hydrogen-bond donors (Lipinski definition) is 0. The molecule has 0 saturated heterocycles. The van der Waals surface area contributed by atoms with Gasteiger partial charge < -0.3 is 31.9 Å². The number of hydrogen-bond acceptors (Lipinski definition) is 7. The van der Waals surface area contributed by atoms with Crippen LogP contribution in [-0.2, 0) is 67.6 Å². The molecule has 0 spiro atoms. The van der Waals surface area contributed by atoms with Crippen LogP contribution in [0.2, 0.25) is 0 Å². The molecule has 0 radical (unpaired) electrons. The minimum absolute atomic E-state index is 0.248. The first-order valence-corrected chi connectivity index (χ1v) is 31.0. The molecule has 6 aromatic rings. The molecule has 4 aliphatic rings. The van der Waals surface area contributed by atoms with Crippen LogP contribution in [-0.4, -0.2) is 5.60 Å². The molecule has 0 aliphatic heterocycles. The normalized spacial score (nSPS) is 15.7. The van der Waals surface area contributed by atoms with Crippen molar-refractivity contribution >= 4 is 17.2 Å². The largest absolute Gasteiger partial charge is 0.530 e. The molecule has 0 N–H and O–H groups in total. The molecule has 0 saturated carbocycles. The topological polar surface area (TPSA) is 64.6 Å². The minimum Gasteiger partial charge on any atom is -0.488 e. The Morgan fingerprint density at radius 1 is 0.299 bits per heavy atom. The van der Waals surface area contributed by atoms with E-state index in [0.29, 0.717) is 11.5 Å². The maximum Gasteiger partial charge on any atom is 0.530 e. The van der Waals surface area contributed by atoms with E-state index in [9.17, 15) is 0 Å². The summed E-state index contributed by atoms with van der Waals surface area (Å²) in [5, 5.41) is 0. The van der Waals surface area contributed by atoms with Crippen LogP contribution < -0.4 is 31.9 Å². The maximum absolute atomic E-state index is 7.61. The molecule has 4 aliphatic carbocycles. The van der Waals surface area contributed by atoms with Gasteiger partial charge in [0.05, 0.1) is 0 Å². The second kappa shape index (κ2) is 22.5. The summed E-state index contributed by atoms with van der Waals surface area (Å²) >= 11 is 0.